The number of para-hydroxylation sites is 1. The van der Waals surface area contributed by atoms with E-state index in [1.54, 1.807) is 0 Å². The Hall–Kier alpha value is -2.85. The Morgan fingerprint density at radius 2 is 1.67 bits per heavy atom. The Kier molecular flexibility index (Phi) is 7.80. The molecule has 0 aliphatic rings. The molecule has 169 valence electrons. The van der Waals surface area contributed by atoms with Crippen molar-refractivity contribution in [1.82, 2.24) is 4.98 Å². The summed E-state index contributed by atoms with van der Waals surface area (Å²) >= 11 is 1.85. The molecule has 5 rings (SSSR count). The number of nitrogens with zero attached hydrogens (tertiary/aromatic N) is 1. The van der Waals surface area contributed by atoms with Crippen molar-refractivity contribution in [3.05, 3.63) is 89.7 Å². The van der Waals surface area contributed by atoms with Gasteiger partial charge in [0.1, 0.15) is 0 Å². The van der Waals surface area contributed by atoms with Crippen LogP contribution < -0.4 is 0 Å². The molecular formula is C28H24IrNO2S-. The average Bonchev–Trinajstić information content (AvgIpc) is 3.12. The number of carbonyl (C=O) groups excluding carboxylic acids is 1. The van der Waals surface area contributed by atoms with E-state index in [9.17, 15) is 4.79 Å². The SMILES string of the molecule is CC(=O)/C=C(/C)O.Cc1[c-]c(-c2nc3ccccc3c3sc4ccccc4c23)cc(C)c1.[Ir]. The zero-order chi connectivity index (χ0) is 22.8. The van der Waals surface area contributed by atoms with Crippen molar-refractivity contribution >= 4 is 48.2 Å². The van der Waals surface area contributed by atoms with E-state index in [2.05, 4.69) is 80.6 Å². The molecule has 3 aromatic carbocycles. The zero-order valence-corrected chi connectivity index (χ0v) is 22.1. The van der Waals surface area contributed by atoms with Crippen molar-refractivity contribution in [3.63, 3.8) is 0 Å². The third-order valence-corrected chi connectivity index (χ3v) is 6.23. The largest absolute Gasteiger partial charge is 0.512 e. The number of aliphatic hydroxyl groups is 1. The van der Waals surface area contributed by atoms with Crippen molar-refractivity contribution < 1.29 is 30.0 Å². The second kappa shape index (κ2) is 10.4. The van der Waals surface area contributed by atoms with Crippen molar-refractivity contribution in [2.24, 2.45) is 0 Å². The van der Waals surface area contributed by atoms with Crippen LogP contribution in [0.2, 0.25) is 0 Å². The summed E-state index contributed by atoms with van der Waals surface area (Å²) in [6, 6.07) is 24.9. The Labute approximate surface area is 211 Å². The number of carbonyl (C=O) groups is 1. The second-order valence-electron chi connectivity index (χ2n) is 7.93. The molecule has 0 atom stereocenters. The van der Waals surface area contributed by atoms with E-state index in [-0.39, 0.29) is 31.6 Å². The van der Waals surface area contributed by atoms with E-state index in [0.29, 0.717) is 0 Å². The molecule has 2 aromatic heterocycles. The molecule has 0 bridgehead atoms. The van der Waals surface area contributed by atoms with Gasteiger partial charge in [0.2, 0.25) is 0 Å². The topological polar surface area (TPSA) is 50.2 Å². The standard InChI is InChI=1S/C23H16NS.C5H8O2.Ir/c1-14-11-15(2)13-16(12-14)22-21-18-8-4-6-10-20(18)25-23(21)17-7-3-5-9-19(17)24-22;1-4(6)3-5(2)7;/h3-12H,1-2H3;3,6H,1-2H3;/q-1;;/b;4-3-;. The van der Waals surface area contributed by atoms with Crippen LogP contribution in [0, 0.1) is 19.9 Å². The van der Waals surface area contributed by atoms with Crippen LogP contribution in [0.3, 0.4) is 0 Å². The quantitative estimate of drug-likeness (QED) is 0.123. The van der Waals surface area contributed by atoms with Crippen LogP contribution in [0.4, 0.5) is 0 Å². The molecule has 1 radical (unpaired) electrons. The number of benzene rings is 3. The van der Waals surface area contributed by atoms with Crippen molar-refractivity contribution in [2.75, 3.05) is 0 Å². The number of fused-ring (bicyclic) bond motifs is 5. The molecule has 2 heterocycles. The fourth-order valence-electron chi connectivity index (χ4n) is 3.92. The number of aryl methyl sites for hydroxylation is 2. The van der Waals surface area contributed by atoms with Crippen molar-refractivity contribution in [3.8, 4) is 11.3 Å². The summed E-state index contributed by atoms with van der Waals surface area (Å²) < 4.78 is 2.62. The first-order valence-corrected chi connectivity index (χ1v) is 11.2. The van der Waals surface area contributed by atoms with Crippen LogP contribution in [0.1, 0.15) is 25.0 Å². The number of allylic oxidation sites excluding steroid dienone is 2. The number of hydrogen-bond donors (Lipinski definition) is 1. The van der Waals surface area contributed by atoms with E-state index >= 15 is 0 Å². The van der Waals surface area contributed by atoms with Gasteiger partial charge in [-0.25, -0.2) is 0 Å². The summed E-state index contributed by atoms with van der Waals surface area (Å²) in [5, 5.41) is 12.1. The molecule has 0 unspecified atom stereocenters. The van der Waals surface area contributed by atoms with E-state index in [1.165, 1.54) is 51.0 Å². The van der Waals surface area contributed by atoms with Crippen molar-refractivity contribution in [1.29, 1.82) is 0 Å². The number of ketones is 1. The number of hydrogen-bond acceptors (Lipinski definition) is 4. The molecule has 3 nitrogen and oxygen atoms in total. The molecule has 33 heavy (non-hydrogen) atoms. The number of thiophene rings is 1. The van der Waals surface area contributed by atoms with Crippen LogP contribution in [-0.4, -0.2) is 15.9 Å². The molecule has 0 aliphatic heterocycles. The Morgan fingerprint density at radius 1 is 1.00 bits per heavy atom. The van der Waals surface area contributed by atoms with Crippen LogP contribution in [0.5, 0.6) is 0 Å². The number of rotatable bonds is 2. The van der Waals surface area contributed by atoms with E-state index in [1.807, 2.05) is 11.3 Å². The minimum atomic E-state index is -0.125. The third-order valence-electron chi connectivity index (χ3n) is 5.03. The maximum atomic E-state index is 10.0. The van der Waals surface area contributed by atoms with E-state index in [4.69, 9.17) is 10.1 Å². The number of aliphatic hydroxyl groups excluding tert-OH is 1. The van der Waals surface area contributed by atoms with Gasteiger partial charge in [-0.05, 0) is 42.4 Å². The van der Waals surface area contributed by atoms with E-state index < -0.39 is 0 Å². The minimum absolute atomic E-state index is 0. The molecule has 0 fully saturated rings. The van der Waals surface area contributed by atoms with Gasteiger partial charge in [0.05, 0.1) is 11.3 Å². The summed E-state index contributed by atoms with van der Waals surface area (Å²) in [7, 11) is 0. The van der Waals surface area contributed by atoms with Gasteiger partial charge in [-0.1, -0.05) is 50.2 Å². The molecule has 0 amide bonds. The summed E-state index contributed by atoms with van der Waals surface area (Å²) in [5.74, 6) is -0.0625. The minimum Gasteiger partial charge on any atom is -0.512 e. The summed E-state index contributed by atoms with van der Waals surface area (Å²) in [4.78, 5) is 15.1. The van der Waals surface area contributed by atoms with Crippen molar-refractivity contribution in [2.45, 2.75) is 27.7 Å². The predicted molar refractivity (Wildman–Crippen MR) is 135 cm³/mol. The molecule has 0 aliphatic carbocycles. The molecule has 0 saturated heterocycles. The Morgan fingerprint density at radius 3 is 2.30 bits per heavy atom. The molecule has 0 saturated carbocycles. The van der Waals surface area contributed by atoms with Crippen LogP contribution in [-0.2, 0) is 24.9 Å². The van der Waals surface area contributed by atoms with E-state index in [0.717, 1.165) is 22.3 Å². The van der Waals surface area contributed by atoms with Gasteiger partial charge >= 0.3 is 0 Å². The molecule has 5 heteroatoms. The first kappa shape index (κ1) is 24.8. The monoisotopic (exact) mass is 631 g/mol. The fraction of sp³-hybridized carbons (Fsp3) is 0.143. The summed E-state index contributed by atoms with van der Waals surface area (Å²) in [6.45, 7) is 7.08. The average molecular weight is 631 g/mol. The number of aromatic nitrogens is 1. The maximum absolute atomic E-state index is 10.0. The predicted octanol–water partition coefficient (Wildman–Crippen LogP) is 7.72. The molecule has 0 spiro atoms. The second-order valence-corrected chi connectivity index (χ2v) is 8.98. The third kappa shape index (κ3) is 5.39. The first-order chi connectivity index (χ1) is 15.3. The normalized spacial score (nSPS) is 11.2. The Balaban J connectivity index is 0.000000337. The Bertz CT molecular complexity index is 1480. The van der Waals surface area contributed by atoms with Gasteiger partial charge in [0.25, 0.3) is 0 Å². The van der Waals surface area contributed by atoms with Crippen LogP contribution >= 0.6 is 11.3 Å². The van der Waals surface area contributed by atoms with Crippen LogP contribution in [0.25, 0.3) is 42.3 Å². The summed E-state index contributed by atoms with van der Waals surface area (Å²) in [6.07, 6.45) is 1.17. The fourth-order valence-corrected chi connectivity index (χ4v) is 5.16. The van der Waals surface area contributed by atoms with Gasteiger partial charge < -0.3 is 5.11 Å². The molecule has 5 aromatic rings. The molecular weight excluding hydrogens is 607 g/mol. The van der Waals surface area contributed by atoms with Gasteiger partial charge in [-0.3, -0.25) is 9.78 Å². The van der Waals surface area contributed by atoms with Crippen LogP contribution in [0.15, 0.2) is 72.5 Å². The van der Waals surface area contributed by atoms with Gasteiger partial charge in [0, 0.05) is 41.0 Å². The maximum Gasteiger partial charge on any atom is 0.155 e. The smallest absolute Gasteiger partial charge is 0.155 e. The number of pyridine rings is 1. The van der Waals surface area contributed by atoms with Gasteiger partial charge in [0.15, 0.2) is 5.78 Å². The zero-order valence-electron chi connectivity index (χ0n) is 18.9. The van der Waals surface area contributed by atoms with Gasteiger partial charge in [-0.2, -0.15) is 0 Å². The first-order valence-electron chi connectivity index (χ1n) is 10.4. The molecule has 1 N–H and O–H groups in total. The van der Waals surface area contributed by atoms with Gasteiger partial charge in [-0.15, -0.1) is 46.2 Å². The summed E-state index contributed by atoms with van der Waals surface area (Å²) in [5.41, 5.74) is 5.56.